The summed E-state index contributed by atoms with van der Waals surface area (Å²) in [6.45, 7) is 3.45. The van der Waals surface area contributed by atoms with Crippen LogP contribution in [0.2, 0.25) is 0 Å². The highest BCUT2D eigenvalue weighted by molar-refractivity contribution is 5.99. The molecule has 0 atom stereocenters. The molecule has 1 amide bonds. The van der Waals surface area contributed by atoms with Crippen molar-refractivity contribution in [2.24, 2.45) is 7.05 Å². The van der Waals surface area contributed by atoms with Gasteiger partial charge in [0.15, 0.2) is 0 Å². The van der Waals surface area contributed by atoms with Gasteiger partial charge in [-0.25, -0.2) is 9.37 Å². The van der Waals surface area contributed by atoms with Gasteiger partial charge in [-0.1, -0.05) is 61.2 Å². The summed E-state index contributed by atoms with van der Waals surface area (Å²) in [5.74, 6) is -0.217. The van der Waals surface area contributed by atoms with Gasteiger partial charge in [-0.3, -0.25) is 9.48 Å². The average molecular weight is 506 g/mol. The highest BCUT2D eigenvalue weighted by Crippen LogP contribution is 2.33. The highest BCUT2D eigenvalue weighted by atomic mass is 19.1. The lowest BCUT2D eigenvalue weighted by molar-refractivity contribution is -0.111. The Morgan fingerprint density at radius 1 is 0.921 bits per heavy atom. The van der Waals surface area contributed by atoms with E-state index in [1.165, 1.54) is 18.2 Å². The van der Waals surface area contributed by atoms with Gasteiger partial charge < -0.3 is 16.0 Å². The van der Waals surface area contributed by atoms with Crippen LogP contribution in [-0.2, 0) is 11.8 Å². The maximum atomic E-state index is 14.8. The third-order valence-electron chi connectivity index (χ3n) is 5.73. The summed E-state index contributed by atoms with van der Waals surface area (Å²) in [6, 6.07) is 22.3. The zero-order chi connectivity index (χ0) is 26.5. The second kappa shape index (κ2) is 10.8. The third kappa shape index (κ3) is 5.57. The smallest absolute Gasteiger partial charge is 0.247 e. The van der Waals surface area contributed by atoms with Crippen molar-refractivity contribution < 1.29 is 9.18 Å². The first-order valence-corrected chi connectivity index (χ1v) is 11.8. The summed E-state index contributed by atoms with van der Waals surface area (Å²) >= 11 is 0. The van der Waals surface area contributed by atoms with Crippen molar-refractivity contribution >= 4 is 34.7 Å². The second-order valence-corrected chi connectivity index (χ2v) is 8.44. The number of hydrogen-bond donors (Lipinski definition) is 3. The number of carbonyl (C=O) groups excluding carboxylic acids is 1. The fraction of sp³-hybridized carbons (Fsp3) is 0.0345. The predicted octanol–water partition coefficient (Wildman–Crippen LogP) is 6.29. The van der Waals surface area contributed by atoms with Gasteiger partial charge in [0.1, 0.15) is 11.6 Å². The number of anilines is 5. The number of aryl methyl sites for hydroxylation is 1. The number of nitrogens with one attached hydrogen (secondary N) is 3. The molecule has 3 N–H and O–H groups in total. The average Bonchev–Trinajstić information content (AvgIpc) is 3.35. The van der Waals surface area contributed by atoms with E-state index in [0.717, 1.165) is 22.8 Å². The van der Waals surface area contributed by atoms with Crippen LogP contribution in [0.3, 0.4) is 0 Å². The van der Waals surface area contributed by atoms with Gasteiger partial charge in [0, 0.05) is 30.7 Å². The van der Waals surface area contributed by atoms with Gasteiger partial charge in [-0.2, -0.15) is 10.1 Å². The molecule has 5 rings (SSSR count). The fourth-order valence-electron chi connectivity index (χ4n) is 3.86. The standard InChI is InChI=1S/C29H24FN7O/c1-3-27(38)33-22-13-14-25(30)26(15-22)35-28-24(17-31-29(36-28)34-23-16-32-37(2)18-23)21-11-9-20(10-12-21)19-7-5-4-6-8-19/h3-18H,1H2,2H3,(H,33,38)(H2,31,34,35,36). The van der Waals surface area contributed by atoms with E-state index in [0.29, 0.717) is 28.7 Å². The number of halogens is 1. The molecule has 0 saturated heterocycles. The van der Waals surface area contributed by atoms with Crippen LogP contribution in [0.5, 0.6) is 0 Å². The Morgan fingerprint density at radius 2 is 1.66 bits per heavy atom. The van der Waals surface area contributed by atoms with Gasteiger partial charge in [-0.05, 0) is 41.0 Å². The molecule has 2 aromatic heterocycles. The van der Waals surface area contributed by atoms with E-state index >= 15 is 0 Å². The summed E-state index contributed by atoms with van der Waals surface area (Å²) in [7, 11) is 1.81. The molecule has 2 heterocycles. The zero-order valence-corrected chi connectivity index (χ0v) is 20.5. The van der Waals surface area contributed by atoms with Crippen molar-refractivity contribution in [3.8, 4) is 22.3 Å². The molecular formula is C29H24FN7O. The van der Waals surface area contributed by atoms with Crippen LogP contribution in [0.25, 0.3) is 22.3 Å². The Balaban J connectivity index is 1.52. The molecule has 0 spiro atoms. The number of rotatable bonds is 8. The van der Waals surface area contributed by atoms with Crippen LogP contribution in [0.4, 0.5) is 33.2 Å². The molecule has 0 aliphatic heterocycles. The van der Waals surface area contributed by atoms with Gasteiger partial charge in [0.05, 0.1) is 17.6 Å². The Hall–Kier alpha value is -5.31. The Labute approximate surface area is 218 Å². The van der Waals surface area contributed by atoms with Gasteiger partial charge >= 0.3 is 0 Å². The van der Waals surface area contributed by atoms with E-state index in [-0.39, 0.29) is 5.69 Å². The number of benzene rings is 3. The van der Waals surface area contributed by atoms with Crippen molar-refractivity contribution in [2.75, 3.05) is 16.0 Å². The lowest BCUT2D eigenvalue weighted by Crippen LogP contribution is -2.08. The van der Waals surface area contributed by atoms with Crippen LogP contribution >= 0.6 is 0 Å². The SMILES string of the molecule is C=CC(=O)Nc1ccc(F)c(Nc2nc(Nc3cnn(C)c3)ncc2-c2ccc(-c3ccccc3)cc2)c1. The molecule has 0 radical (unpaired) electrons. The van der Waals surface area contributed by atoms with Crippen LogP contribution < -0.4 is 16.0 Å². The highest BCUT2D eigenvalue weighted by Gasteiger charge is 2.14. The molecule has 0 aliphatic rings. The summed E-state index contributed by atoms with van der Waals surface area (Å²) in [5, 5.41) is 13.0. The van der Waals surface area contributed by atoms with E-state index in [2.05, 4.69) is 37.6 Å². The maximum Gasteiger partial charge on any atom is 0.247 e. The molecule has 8 nitrogen and oxygen atoms in total. The molecule has 3 aromatic carbocycles. The summed E-state index contributed by atoms with van der Waals surface area (Å²) in [6.07, 6.45) is 6.26. The molecule has 0 saturated carbocycles. The zero-order valence-electron chi connectivity index (χ0n) is 20.5. The van der Waals surface area contributed by atoms with E-state index < -0.39 is 11.7 Å². The third-order valence-corrected chi connectivity index (χ3v) is 5.73. The lowest BCUT2D eigenvalue weighted by atomic mass is 10.0. The second-order valence-electron chi connectivity index (χ2n) is 8.44. The van der Waals surface area contributed by atoms with Crippen molar-refractivity contribution in [3.05, 3.63) is 110 Å². The molecule has 9 heteroatoms. The van der Waals surface area contributed by atoms with Gasteiger partial charge in [-0.15, -0.1) is 0 Å². The molecule has 0 fully saturated rings. The van der Waals surface area contributed by atoms with Crippen LogP contribution in [0, 0.1) is 5.82 Å². The number of aromatic nitrogens is 4. The van der Waals surface area contributed by atoms with Crippen molar-refractivity contribution in [1.29, 1.82) is 0 Å². The summed E-state index contributed by atoms with van der Waals surface area (Å²) in [4.78, 5) is 20.9. The monoisotopic (exact) mass is 505 g/mol. The van der Waals surface area contributed by atoms with Gasteiger partial charge in [0.2, 0.25) is 11.9 Å². The molecule has 0 bridgehead atoms. The minimum atomic E-state index is -0.507. The molecule has 0 aliphatic carbocycles. The normalized spacial score (nSPS) is 10.6. The first-order valence-electron chi connectivity index (χ1n) is 11.8. The Morgan fingerprint density at radius 3 is 2.37 bits per heavy atom. The number of amides is 1. The number of nitrogens with zero attached hydrogens (tertiary/aromatic N) is 4. The minimum absolute atomic E-state index is 0.139. The molecular weight excluding hydrogens is 481 g/mol. The van der Waals surface area contributed by atoms with Crippen LogP contribution in [-0.4, -0.2) is 25.7 Å². The largest absolute Gasteiger partial charge is 0.337 e. The van der Waals surface area contributed by atoms with Crippen LogP contribution in [0.1, 0.15) is 0 Å². The number of hydrogen-bond acceptors (Lipinski definition) is 6. The van der Waals surface area contributed by atoms with Crippen molar-refractivity contribution in [1.82, 2.24) is 19.7 Å². The maximum absolute atomic E-state index is 14.8. The fourth-order valence-corrected chi connectivity index (χ4v) is 3.86. The minimum Gasteiger partial charge on any atom is -0.337 e. The molecule has 5 aromatic rings. The summed E-state index contributed by atoms with van der Waals surface area (Å²) in [5.41, 5.74) is 4.94. The first kappa shape index (κ1) is 24.4. The molecule has 0 unspecified atom stereocenters. The van der Waals surface area contributed by atoms with Crippen molar-refractivity contribution in [3.63, 3.8) is 0 Å². The Kier molecular flexibility index (Phi) is 6.90. The Bertz CT molecular complexity index is 1600. The van der Waals surface area contributed by atoms with E-state index in [9.17, 15) is 9.18 Å². The predicted molar refractivity (Wildman–Crippen MR) is 148 cm³/mol. The molecule has 188 valence electrons. The van der Waals surface area contributed by atoms with Gasteiger partial charge in [0.25, 0.3) is 0 Å². The van der Waals surface area contributed by atoms with E-state index in [1.54, 1.807) is 23.3 Å². The van der Waals surface area contributed by atoms with E-state index in [1.807, 2.05) is 61.6 Å². The quantitative estimate of drug-likeness (QED) is 0.214. The van der Waals surface area contributed by atoms with Crippen molar-refractivity contribution in [2.45, 2.75) is 0 Å². The lowest BCUT2D eigenvalue weighted by Gasteiger charge is -2.15. The number of carbonyl (C=O) groups is 1. The first-order chi connectivity index (χ1) is 18.5. The molecule has 38 heavy (non-hydrogen) atoms. The van der Waals surface area contributed by atoms with E-state index in [4.69, 9.17) is 0 Å². The summed E-state index contributed by atoms with van der Waals surface area (Å²) < 4.78 is 16.5. The van der Waals surface area contributed by atoms with Crippen LogP contribution in [0.15, 0.2) is 104 Å². The topological polar surface area (TPSA) is 96.8 Å².